The Morgan fingerprint density at radius 3 is 2.00 bits per heavy atom. The van der Waals surface area contributed by atoms with Crippen LogP contribution >= 0.6 is 0 Å². The molecule has 1 aliphatic rings. The summed E-state index contributed by atoms with van der Waals surface area (Å²) in [4.78, 5) is 24.4. The minimum Gasteiger partial charge on any atom is -0.504 e. The van der Waals surface area contributed by atoms with Crippen LogP contribution in [0.3, 0.4) is 0 Å². The Kier molecular flexibility index (Phi) is 9.99. The van der Waals surface area contributed by atoms with Crippen LogP contribution in [0.2, 0.25) is 0 Å². The maximum absolute atomic E-state index is 12.3. The van der Waals surface area contributed by atoms with Crippen molar-refractivity contribution in [1.82, 2.24) is 0 Å². The van der Waals surface area contributed by atoms with E-state index in [2.05, 4.69) is 0 Å². The summed E-state index contributed by atoms with van der Waals surface area (Å²) in [6, 6.07) is 9.21. The highest BCUT2D eigenvalue weighted by Gasteiger charge is 2.44. The van der Waals surface area contributed by atoms with E-state index in [-0.39, 0.29) is 29.4 Å². The SMILES string of the molecule is COc1cc(/C=C\C(=O)CC(=O)/C=C/c2ccc(O[C@@H]3O[C@H](CO)[C@@H](O)[C@H](O)[C@H]3O)c(OC)c2)ccc1O. The predicted octanol–water partition coefficient (Wildman–Crippen LogP) is 0.843. The van der Waals surface area contributed by atoms with Gasteiger partial charge in [-0.15, -0.1) is 0 Å². The molecule has 1 fully saturated rings. The van der Waals surface area contributed by atoms with Crippen molar-refractivity contribution in [3.63, 3.8) is 0 Å². The van der Waals surface area contributed by atoms with Crippen LogP contribution in [0.15, 0.2) is 48.6 Å². The second-order valence-electron chi connectivity index (χ2n) is 8.43. The normalized spacial score (nSPS) is 23.5. The summed E-state index contributed by atoms with van der Waals surface area (Å²) in [5, 5.41) is 49.0. The Balaban J connectivity index is 1.61. The number of benzene rings is 2. The van der Waals surface area contributed by atoms with Crippen LogP contribution in [-0.2, 0) is 14.3 Å². The van der Waals surface area contributed by atoms with Crippen molar-refractivity contribution >= 4 is 23.7 Å². The average molecular weight is 531 g/mol. The van der Waals surface area contributed by atoms with Gasteiger partial charge in [0.15, 0.2) is 34.6 Å². The Morgan fingerprint density at radius 1 is 0.842 bits per heavy atom. The molecule has 11 heteroatoms. The van der Waals surface area contributed by atoms with E-state index in [9.17, 15) is 35.1 Å². The Labute approximate surface area is 218 Å². The average Bonchev–Trinajstić information content (AvgIpc) is 2.92. The van der Waals surface area contributed by atoms with Crippen molar-refractivity contribution in [3.8, 4) is 23.0 Å². The standard InChI is InChI=1S/C27H30O11/c1-35-21-11-15(5-9-19(21)31)3-7-17(29)13-18(30)8-4-16-6-10-20(22(12-16)36-2)37-27-26(34)25(33)24(32)23(14-28)38-27/h3-12,23-28,31-34H,13-14H2,1-2H3/b7-3-,8-4+/t23-,24-,25+,26-,27-/m1/s1. The predicted molar refractivity (Wildman–Crippen MR) is 135 cm³/mol. The minimum atomic E-state index is -1.59. The second-order valence-corrected chi connectivity index (χ2v) is 8.43. The number of phenols is 1. The van der Waals surface area contributed by atoms with Gasteiger partial charge in [-0.05, 0) is 47.5 Å². The van der Waals surface area contributed by atoms with Crippen molar-refractivity contribution in [3.05, 3.63) is 59.7 Å². The fourth-order valence-corrected chi connectivity index (χ4v) is 3.64. The number of ether oxygens (including phenoxy) is 4. The number of hydrogen-bond acceptors (Lipinski definition) is 11. The van der Waals surface area contributed by atoms with E-state index in [1.54, 1.807) is 24.3 Å². The zero-order valence-corrected chi connectivity index (χ0v) is 20.8. The molecular weight excluding hydrogens is 500 g/mol. The lowest BCUT2D eigenvalue weighted by molar-refractivity contribution is -0.277. The number of aliphatic hydroxyl groups is 4. The van der Waals surface area contributed by atoms with Crippen molar-refractivity contribution in [1.29, 1.82) is 0 Å². The monoisotopic (exact) mass is 530 g/mol. The highest BCUT2D eigenvalue weighted by Crippen LogP contribution is 2.32. The summed E-state index contributed by atoms with van der Waals surface area (Å²) in [6.45, 7) is -0.594. The summed E-state index contributed by atoms with van der Waals surface area (Å²) in [5.74, 6) is -0.234. The lowest BCUT2D eigenvalue weighted by atomic mass is 9.99. The Bertz CT molecular complexity index is 1190. The number of allylic oxidation sites excluding steroid dienone is 2. The number of carbonyl (C=O) groups excluding carboxylic acids is 2. The number of rotatable bonds is 11. The van der Waals surface area contributed by atoms with Crippen LogP contribution in [0.1, 0.15) is 17.5 Å². The van der Waals surface area contributed by atoms with Gasteiger partial charge in [-0.2, -0.15) is 0 Å². The third-order valence-electron chi connectivity index (χ3n) is 5.75. The topological polar surface area (TPSA) is 172 Å². The Hall–Kier alpha value is -3.74. The number of aliphatic hydroxyl groups excluding tert-OH is 4. The van der Waals surface area contributed by atoms with E-state index >= 15 is 0 Å². The summed E-state index contributed by atoms with van der Waals surface area (Å²) < 4.78 is 21.3. The smallest absolute Gasteiger partial charge is 0.229 e. The molecule has 2 aromatic carbocycles. The van der Waals surface area contributed by atoms with Crippen molar-refractivity contribution < 1.29 is 54.1 Å². The Morgan fingerprint density at radius 2 is 1.42 bits per heavy atom. The van der Waals surface area contributed by atoms with Gasteiger partial charge in [-0.1, -0.05) is 24.3 Å². The molecule has 0 radical (unpaired) electrons. The summed E-state index contributed by atoms with van der Waals surface area (Å²) in [5.41, 5.74) is 1.17. The van der Waals surface area contributed by atoms with E-state index in [1.807, 2.05) is 0 Å². The van der Waals surface area contributed by atoms with E-state index < -0.39 is 48.9 Å². The third-order valence-corrected chi connectivity index (χ3v) is 5.75. The number of aromatic hydroxyl groups is 1. The van der Waals surface area contributed by atoms with Gasteiger partial charge in [0.1, 0.15) is 24.4 Å². The molecule has 0 aromatic heterocycles. The molecule has 11 nitrogen and oxygen atoms in total. The van der Waals surface area contributed by atoms with Gasteiger partial charge < -0.3 is 44.5 Å². The molecule has 2 aromatic rings. The molecule has 38 heavy (non-hydrogen) atoms. The fraction of sp³-hybridized carbons (Fsp3) is 0.333. The van der Waals surface area contributed by atoms with Gasteiger partial charge in [0.2, 0.25) is 6.29 Å². The van der Waals surface area contributed by atoms with Gasteiger partial charge in [-0.25, -0.2) is 0 Å². The summed E-state index contributed by atoms with van der Waals surface area (Å²) >= 11 is 0. The minimum absolute atomic E-state index is 0.0265. The first-order chi connectivity index (χ1) is 18.2. The zero-order chi connectivity index (χ0) is 27.8. The van der Waals surface area contributed by atoms with E-state index in [0.717, 1.165) is 0 Å². The van der Waals surface area contributed by atoms with Crippen molar-refractivity contribution in [2.45, 2.75) is 37.1 Å². The molecule has 3 rings (SSSR count). The van der Waals surface area contributed by atoms with Crippen molar-refractivity contribution in [2.75, 3.05) is 20.8 Å². The fourth-order valence-electron chi connectivity index (χ4n) is 3.64. The number of hydrogen-bond donors (Lipinski definition) is 5. The first kappa shape index (κ1) is 28.8. The quantitative estimate of drug-likeness (QED) is 0.206. The molecule has 5 atom stereocenters. The van der Waals surface area contributed by atoms with Crippen LogP contribution in [0.5, 0.6) is 23.0 Å². The molecule has 0 amide bonds. The van der Waals surface area contributed by atoms with Crippen LogP contribution < -0.4 is 14.2 Å². The first-order valence-corrected chi connectivity index (χ1v) is 11.6. The second kappa shape index (κ2) is 13.2. The number of carbonyl (C=O) groups is 2. The van der Waals surface area contributed by atoms with Gasteiger partial charge in [0.05, 0.1) is 27.2 Å². The molecule has 0 aliphatic carbocycles. The molecule has 1 heterocycles. The summed E-state index contributed by atoms with van der Waals surface area (Å²) in [6.07, 6.45) is -2.02. The largest absolute Gasteiger partial charge is 0.504 e. The van der Waals surface area contributed by atoms with Gasteiger partial charge in [0, 0.05) is 0 Å². The van der Waals surface area contributed by atoms with E-state index in [1.165, 1.54) is 50.7 Å². The number of methoxy groups -OCH3 is 2. The van der Waals surface area contributed by atoms with E-state index in [0.29, 0.717) is 11.1 Å². The van der Waals surface area contributed by atoms with Gasteiger partial charge in [0.25, 0.3) is 0 Å². The highest BCUT2D eigenvalue weighted by atomic mass is 16.7. The first-order valence-electron chi connectivity index (χ1n) is 11.6. The third kappa shape index (κ3) is 7.18. The molecule has 0 spiro atoms. The molecule has 204 valence electrons. The molecule has 5 N–H and O–H groups in total. The number of phenolic OH excluding ortho intramolecular Hbond substituents is 1. The molecule has 0 saturated carbocycles. The molecule has 1 aliphatic heterocycles. The number of ketones is 2. The van der Waals surface area contributed by atoms with Gasteiger partial charge >= 0.3 is 0 Å². The van der Waals surface area contributed by atoms with Crippen LogP contribution in [0.4, 0.5) is 0 Å². The molecule has 0 unspecified atom stereocenters. The molecule has 1 saturated heterocycles. The lowest BCUT2D eigenvalue weighted by Crippen LogP contribution is -2.60. The summed E-state index contributed by atoms with van der Waals surface area (Å²) in [7, 11) is 2.79. The van der Waals surface area contributed by atoms with Crippen LogP contribution in [0, 0.1) is 0 Å². The molecule has 0 bridgehead atoms. The maximum atomic E-state index is 12.3. The lowest BCUT2D eigenvalue weighted by Gasteiger charge is -2.39. The van der Waals surface area contributed by atoms with E-state index in [4.69, 9.17) is 18.9 Å². The molecular formula is C27H30O11. The highest BCUT2D eigenvalue weighted by molar-refractivity contribution is 6.10. The van der Waals surface area contributed by atoms with Gasteiger partial charge in [-0.3, -0.25) is 9.59 Å². The van der Waals surface area contributed by atoms with Crippen LogP contribution in [0.25, 0.3) is 12.2 Å². The maximum Gasteiger partial charge on any atom is 0.229 e. The van der Waals surface area contributed by atoms with Crippen LogP contribution in [-0.4, -0.2) is 88.6 Å². The van der Waals surface area contributed by atoms with Crippen molar-refractivity contribution in [2.24, 2.45) is 0 Å². The zero-order valence-electron chi connectivity index (χ0n) is 20.8.